The van der Waals surface area contributed by atoms with Crippen LogP contribution in [0.1, 0.15) is 57.8 Å². The summed E-state index contributed by atoms with van der Waals surface area (Å²) in [6.45, 7) is 0. The van der Waals surface area contributed by atoms with Crippen LogP contribution in [0.15, 0.2) is 42.5 Å². The second kappa shape index (κ2) is 11.1. The zero-order valence-electron chi connectivity index (χ0n) is 19.6. The van der Waals surface area contributed by atoms with E-state index in [0.29, 0.717) is 31.4 Å². The molecule has 0 bridgehead atoms. The van der Waals surface area contributed by atoms with Gasteiger partial charge in [0.15, 0.2) is 0 Å². The van der Waals surface area contributed by atoms with Gasteiger partial charge in [0, 0.05) is 11.1 Å². The third-order valence-corrected chi connectivity index (χ3v) is 7.34. The summed E-state index contributed by atoms with van der Waals surface area (Å²) in [5.74, 6) is 0. The zero-order chi connectivity index (χ0) is 24.9. The van der Waals surface area contributed by atoms with Gasteiger partial charge in [-0.2, -0.15) is 18.7 Å². The molecule has 192 valence electrons. The van der Waals surface area contributed by atoms with E-state index in [1.165, 1.54) is 0 Å². The van der Waals surface area contributed by atoms with Gasteiger partial charge in [0.1, 0.15) is 12.3 Å². The molecule has 2 aromatic rings. The van der Waals surface area contributed by atoms with Gasteiger partial charge >= 0.3 is 12.2 Å². The van der Waals surface area contributed by atoms with E-state index in [4.69, 9.17) is 0 Å². The number of urea groups is 1. The molecule has 10 heteroatoms. The maximum Gasteiger partial charge on any atom is 0.404 e. The number of carbonyl (C=O) groups is 1. The fourth-order valence-corrected chi connectivity index (χ4v) is 5.61. The minimum Gasteiger partial charge on any atom is -0.315 e. The Morgan fingerprint density at radius 1 is 0.914 bits per heavy atom. The monoisotopic (exact) mass is 493 g/mol. The number of hydrogen-bond donors (Lipinski definition) is 6. The van der Waals surface area contributed by atoms with E-state index in [9.17, 15) is 23.2 Å². The first-order valence-corrected chi connectivity index (χ1v) is 12.4. The summed E-state index contributed by atoms with van der Waals surface area (Å²) in [6, 6.07) is 10.5. The number of benzene rings is 2. The van der Waals surface area contributed by atoms with E-state index in [0.717, 1.165) is 42.9 Å². The Kier molecular flexibility index (Phi) is 8.16. The molecule has 3 unspecified atom stereocenters. The molecule has 1 saturated carbocycles. The minimum absolute atomic E-state index is 0.311. The summed E-state index contributed by atoms with van der Waals surface area (Å²) in [6.07, 6.45) is -0.0507. The molecule has 7 nitrogen and oxygen atoms in total. The number of hydroxylamine groups is 1. The van der Waals surface area contributed by atoms with Crippen LogP contribution in [0.5, 0.6) is 0 Å². The van der Waals surface area contributed by atoms with Gasteiger partial charge in [-0.25, -0.2) is 4.79 Å². The molecule has 2 amide bonds. The SMILES string of the molecule is O=C(Nc1ccc2ccccc2c1)NC1NC(NO)C2(CCCCCCCCC2)C(C(F)(F)F)N1. The third-order valence-electron chi connectivity index (χ3n) is 7.34. The molecule has 2 fully saturated rings. The molecular formula is C25H34F3N5O2. The van der Waals surface area contributed by atoms with Crippen LogP contribution < -0.4 is 26.7 Å². The molecule has 35 heavy (non-hydrogen) atoms. The van der Waals surface area contributed by atoms with Crippen LogP contribution >= 0.6 is 0 Å². The predicted molar refractivity (Wildman–Crippen MR) is 129 cm³/mol. The average molecular weight is 494 g/mol. The van der Waals surface area contributed by atoms with Crippen LogP contribution in [0, 0.1) is 5.41 Å². The number of anilines is 1. The Bertz CT molecular complexity index is 992. The van der Waals surface area contributed by atoms with Crippen molar-refractivity contribution in [1.82, 2.24) is 21.4 Å². The van der Waals surface area contributed by atoms with Gasteiger partial charge in [0.2, 0.25) is 0 Å². The van der Waals surface area contributed by atoms with Crippen molar-refractivity contribution in [2.24, 2.45) is 5.41 Å². The van der Waals surface area contributed by atoms with E-state index in [1.54, 1.807) is 12.1 Å². The number of alkyl halides is 3. The Morgan fingerprint density at radius 3 is 2.17 bits per heavy atom. The summed E-state index contributed by atoms with van der Waals surface area (Å²) in [5.41, 5.74) is 1.34. The Balaban J connectivity index is 1.49. The van der Waals surface area contributed by atoms with E-state index in [-0.39, 0.29) is 0 Å². The van der Waals surface area contributed by atoms with Crippen molar-refractivity contribution in [2.75, 3.05) is 5.32 Å². The molecule has 0 aromatic heterocycles. The lowest BCUT2D eigenvalue weighted by Gasteiger charge is -2.53. The lowest BCUT2D eigenvalue weighted by atomic mass is 9.67. The first-order valence-electron chi connectivity index (χ1n) is 12.4. The van der Waals surface area contributed by atoms with Crippen molar-refractivity contribution in [3.8, 4) is 0 Å². The van der Waals surface area contributed by atoms with Gasteiger partial charge in [-0.1, -0.05) is 75.3 Å². The van der Waals surface area contributed by atoms with Crippen LogP contribution in [0.25, 0.3) is 10.8 Å². The zero-order valence-corrected chi connectivity index (χ0v) is 19.6. The highest BCUT2D eigenvalue weighted by molar-refractivity contribution is 5.93. The Hall–Kier alpha value is -2.40. The molecule has 6 N–H and O–H groups in total. The lowest BCUT2D eigenvalue weighted by molar-refractivity contribution is -0.214. The highest BCUT2D eigenvalue weighted by Gasteiger charge is 2.59. The molecule has 1 heterocycles. The summed E-state index contributed by atoms with van der Waals surface area (Å²) in [4.78, 5) is 12.7. The number of halogens is 3. The molecule has 2 aliphatic rings. The van der Waals surface area contributed by atoms with Gasteiger partial charge in [0.25, 0.3) is 0 Å². The predicted octanol–water partition coefficient (Wildman–Crippen LogP) is 5.18. The Morgan fingerprint density at radius 2 is 1.54 bits per heavy atom. The van der Waals surface area contributed by atoms with Crippen molar-refractivity contribution in [2.45, 2.75) is 82.5 Å². The number of hydrogen-bond acceptors (Lipinski definition) is 5. The number of amides is 2. The third kappa shape index (κ3) is 6.06. The molecule has 1 spiro atoms. The molecule has 2 aromatic carbocycles. The van der Waals surface area contributed by atoms with Gasteiger partial charge in [-0.15, -0.1) is 0 Å². The van der Waals surface area contributed by atoms with E-state index in [2.05, 4.69) is 26.7 Å². The summed E-state index contributed by atoms with van der Waals surface area (Å²) in [5, 5.41) is 22.6. The normalized spacial score (nSPS) is 25.8. The van der Waals surface area contributed by atoms with E-state index < -0.39 is 36.1 Å². The second-order valence-corrected chi connectivity index (χ2v) is 9.67. The van der Waals surface area contributed by atoms with Gasteiger partial charge in [0.05, 0.1) is 6.17 Å². The van der Waals surface area contributed by atoms with Crippen molar-refractivity contribution >= 4 is 22.5 Å². The van der Waals surface area contributed by atoms with Crippen molar-refractivity contribution < 1.29 is 23.2 Å². The van der Waals surface area contributed by atoms with E-state index >= 15 is 0 Å². The number of carbonyl (C=O) groups excluding carboxylic acids is 1. The van der Waals surface area contributed by atoms with Crippen LogP contribution in [-0.2, 0) is 0 Å². The minimum atomic E-state index is -4.56. The van der Waals surface area contributed by atoms with Crippen LogP contribution in [0.4, 0.5) is 23.7 Å². The van der Waals surface area contributed by atoms with Crippen molar-refractivity contribution in [3.63, 3.8) is 0 Å². The quantitative estimate of drug-likeness (QED) is 0.331. The average Bonchev–Trinajstić information content (AvgIpc) is 2.83. The molecule has 1 aliphatic carbocycles. The molecular weight excluding hydrogens is 459 g/mol. The summed E-state index contributed by atoms with van der Waals surface area (Å²) in [7, 11) is 0. The molecule has 1 aliphatic heterocycles. The number of nitrogens with one attached hydrogen (secondary N) is 5. The van der Waals surface area contributed by atoms with E-state index in [1.807, 2.05) is 30.3 Å². The van der Waals surface area contributed by atoms with Crippen molar-refractivity contribution in [1.29, 1.82) is 0 Å². The Labute approximate surface area is 203 Å². The summed E-state index contributed by atoms with van der Waals surface area (Å²) < 4.78 is 43.1. The van der Waals surface area contributed by atoms with Gasteiger partial charge in [-0.05, 0) is 35.7 Å². The maximum atomic E-state index is 14.4. The molecule has 0 radical (unpaired) electrons. The first kappa shape index (κ1) is 25.7. The highest BCUT2D eigenvalue weighted by atomic mass is 19.4. The van der Waals surface area contributed by atoms with Crippen LogP contribution in [0.3, 0.4) is 0 Å². The summed E-state index contributed by atoms with van der Waals surface area (Å²) >= 11 is 0. The number of rotatable bonds is 3. The van der Waals surface area contributed by atoms with Crippen LogP contribution in [0.2, 0.25) is 0 Å². The standard InChI is InChI=1S/C25H34F3N5O2/c26-25(27,28)20-24(14-8-4-2-1-3-5-9-15-24)21(33-35)31-22(30-20)32-23(34)29-19-13-12-17-10-6-7-11-18(17)16-19/h6-7,10-13,16,20-22,30-31,33,35H,1-5,8-9,14-15H2,(H2,29,32,34). The topological polar surface area (TPSA) is 97.5 Å². The fourth-order valence-electron chi connectivity index (χ4n) is 5.61. The van der Waals surface area contributed by atoms with Crippen LogP contribution in [-0.4, -0.2) is 35.9 Å². The molecule has 1 saturated heterocycles. The molecule has 4 rings (SSSR count). The van der Waals surface area contributed by atoms with Gasteiger partial charge in [-0.3, -0.25) is 10.6 Å². The smallest absolute Gasteiger partial charge is 0.315 e. The van der Waals surface area contributed by atoms with Gasteiger partial charge < -0.3 is 15.8 Å². The highest BCUT2D eigenvalue weighted by Crippen LogP contribution is 2.46. The molecule has 3 atom stereocenters. The first-order chi connectivity index (χ1) is 16.8. The fraction of sp³-hybridized carbons (Fsp3) is 0.560. The maximum absolute atomic E-state index is 14.4. The largest absolute Gasteiger partial charge is 0.404 e. The second-order valence-electron chi connectivity index (χ2n) is 9.67. The lowest BCUT2D eigenvalue weighted by Crippen LogP contribution is -2.78. The van der Waals surface area contributed by atoms with Crippen molar-refractivity contribution in [3.05, 3.63) is 42.5 Å². The number of fused-ring (bicyclic) bond motifs is 1.